The van der Waals surface area contributed by atoms with Crippen LogP contribution in [-0.2, 0) is 10.2 Å². The number of nitrogens with zero attached hydrogens (tertiary/aromatic N) is 4. The zero-order valence-corrected chi connectivity index (χ0v) is 14.3. The fourth-order valence-corrected chi connectivity index (χ4v) is 2.70. The summed E-state index contributed by atoms with van der Waals surface area (Å²) in [5.41, 5.74) is 1.96. The van der Waals surface area contributed by atoms with E-state index < -0.39 is 5.97 Å². The Kier molecular flexibility index (Phi) is 4.96. The van der Waals surface area contributed by atoms with Crippen LogP contribution < -0.4 is 4.80 Å². The monoisotopic (exact) mass is 330 g/mol. The van der Waals surface area contributed by atoms with Crippen LogP contribution in [0.15, 0.2) is 29.3 Å². The van der Waals surface area contributed by atoms with Crippen molar-refractivity contribution in [2.45, 2.75) is 33.1 Å². The lowest BCUT2D eigenvalue weighted by atomic mass is 9.87. The summed E-state index contributed by atoms with van der Waals surface area (Å²) in [6, 6.07) is 7.79. The number of carbonyl (C=O) groups is 1. The molecule has 2 rings (SSSR count). The van der Waals surface area contributed by atoms with Gasteiger partial charge < -0.3 is 4.74 Å². The molecule has 7 heteroatoms. The average Bonchev–Trinajstić information content (AvgIpc) is 2.91. The summed E-state index contributed by atoms with van der Waals surface area (Å²) >= 11 is 1.02. The van der Waals surface area contributed by atoms with Gasteiger partial charge in [0.25, 0.3) is 0 Å². The Hall–Kier alpha value is -2.46. The van der Waals surface area contributed by atoms with E-state index >= 15 is 0 Å². The molecule has 0 fully saturated rings. The number of aromatic nitrogens is 2. The molecule has 0 aliphatic rings. The Morgan fingerprint density at radius 3 is 2.57 bits per heavy atom. The van der Waals surface area contributed by atoms with Crippen LogP contribution in [0.4, 0.5) is 0 Å². The van der Waals surface area contributed by atoms with Crippen LogP contribution in [-0.4, -0.2) is 22.4 Å². The SMILES string of the molecule is CCOC(=O)c1nn(-c2ccc(C(C)(C)C)cc2)c(=NC#N)s1. The Labute approximate surface area is 138 Å². The lowest BCUT2D eigenvalue weighted by Crippen LogP contribution is -2.15. The predicted molar refractivity (Wildman–Crippen MR) is 87.3 cm³/mol. The normalized spacial score (nSPS) is 12.0. The van der Waals surface area contributed by atoms with Crippen LogP contribution in [0.1, 0.15) is 43.1 Å². The number of nitriles is 1. The van der Waals surface area contributed by atoms with E-state index in [2.05, 4.69) is 30.9 Å². The van der Waals surface area contributed by atoms with Gasteiger partial charge >= 0.3 is 5.97 Å². The van der Waals surface area contributed by atoms with Gasteiger partial charge in [-0.1, -0.05) is 44.2 Å². The van der Waals surface area contributed by atoms with Crippen molar-refractivity contribution in [3.05, 3.63) is 39.6 Å². The van der Waals surface area contributed by atoms with Crippen LogP contribution in [0.2, 0.25) is 0 Å². The molecule has 0 saturated heterocycles. The van der Waals surface area contributed by atoms with E-state index in [1.54, 1.807) is 13.1 Å². The van der Waals surface area contributed by atoms with Gasteiger partial charge in [0.1, 0.15) is 0 Å². The Bertz CT molecular complexity index is 804. The highest BCUT2D eigenvalue weighted by atomic mass is 32.1. The number of ether oxygens (including phenoxy) is 1. The fraction of sp³-hybridized carbons (Fsp3) is 0.375. The molecule has 0 unspecified atom stereocenters. The molecule has 2 aromatic rings. The highest BCUT2D eigenvalue weighted by Gasteiger charge is 2.17. The predicted octanol–water partition coefficient (Wildman–Crippen LogP) is 2.79. The van der Waals surface area contributed by atoms with Gasteiger partial charge in [0.2, 0.25) is 16.0 Å². The van der Waals surface area contributed by atoms with E-state index in [1.165, 1.54) is 10.2 Å². The maximum Gasteiger partial charge on any atom is 0.369 e. The minimum atomic E-state index is -0.517. The maximum absolute atomic E-state index is 11.8. The van der Waals surface area contributed by atoms with Crippen LogP contribution in [0.3, 0.4) is 0 Å². The molecule has 1 heterocycles. The molecule has 0 amide bonds. The molecule has 0 atom stereocenters. The Morgan fingerprint density at radius 1 is 1.39 bits per heavy atom. The molecular formula is C16H18N4O2S. The molecular weight excluding hydrogens is 312 g/mol. The third-order valence-corrected chi connectivity index (χ3v) is 4.02. The summed E-state index contributed by atoms with van der Waals surface area (Å²) in [6.45, 7) is 8.39. The molecule has 0 saturated carbocycles. The van der Waals surface area contributed by atoms with Crippen LogP contribution >= 0.6 is 11.3 Å². The van der Waals surface area contributed by atoms with E-state index in [-0.39, 0.29) is 17.0 Å². The smallest absolute Gasteiger partial charge is 0.369 e. The van der Waals surface area contributed by atoms with Gasteiger partial charge in [-0.05, 0) is 30.0 Å². The van der Waals surface area contributed by atoms with Gasteiger partial charge in [0.15, 0.2) is 0 Å². The van der Waals surface area contributed by atoms with E-state index in [1.807, 2.05) is 24.3 Å². The zero-order valence-electron chi connectivity index (χ0n) is 13.5. The topological polar surface area (TPSA) is 80.3 Å². The average molecular weight is 330 g/mol. The molecule has 120 valence electrons. The molecule has 0 aliphatic carbocycles. The summed E-state index contributed by atoms with van der Waals surface area (Å²) in [5.74, 6) is -0.517. The molecule has 6 nitrogen and oxygen atoms in total. The third kappa shape index (κ3) is 3.85. The molecule has 0 aliphatic heterocycles. The van der Waals surface area contributed by atoms with Gasteiger partial charge in [0, 0.05) is 0 Å². The van der Waals surface area contributed by atoms with Gasteiger partial charge in [-0.3, -0.25) is 0 Å². The maximum atomic E-state index is 11.8. The summed E-state index contributed by atoms with van der Waals surface area (Å²) in [5, 5.41) is 13.2. The highest BCUT2D eigenvalue weighted by molar-refractivity contribution is 7.10. The summed E-state index contributed by atoms with van der Waals surface area (Å²) in [4.78, 5) is 15.9. The van der Waals surface area contributed by atoms with Crippen molar-refractivity contribution in [3.8, 4) is 11.9 Å². The molecule has 23 heavy (non-hydrogen) atoms. The first-order valence-electron chi connectivity index (χ1n) is 7.18. The summed E-state index contributed by atoms with van der Waals surface area (Å²) in [7, 11) is 0. The van der Waals surface area contributed by atoms with Gasteiger partial charge in [-0.15, -0.1) is 10.1 Å². The first-order valence-corrected chi connectivity index (χ1v) is 7.99. The second kappa shape index (κ2) is 6.75. The Balaban J connectivity index is 2.48. The largest absolute Gasteiger partial charge is 0.461 e. The van der Waals surface area contributed by atoms with E-state index in [0.717, 1.165) is 17.0 Å². The molecule has 1 aromatic carbocycles. The quantitative estimate of drug-likeness (QED) is 0.640. The molecule has 0 radical (unpaired) electrons. The lowest BCUT2D eigenvalue weighted by Gasteiger charge is -2.19. The minimum Gasteiger partial charge on any atom is -0.461 e. The third-order valence-electron chi connectivity index (χ3n) is 3.13. The van der Waals surface area contributed by atoms with E-state index in [9.17, 15) is 4.79 Å². The van der Waals surface area contributed by atoms with Crippen LogP contribution in [0.25, 0.3) is 5.69 Å². The Morgan fingerprint density at radius 2 is 2.04 bits per heavy atom. The molecule has 1 aromatic heterocycles. The highest BCUT2D eigenvalue weighted by Crippen LogP contribution is 2.22. The molecule has 0 bridgehead atoms. The van der Waals surface area contributed by atoms with Crippen molar-refractivity contribution in [1.82, 2.24) is 9.78 Å². The van der Waals surface area contributed by atoms with Crippen molar-refractivity contribution in [3.63, 3.8) is 0 Å². The minimum absolute atomic E-state index is 0.0429. The number of rotatable bonds is 3. The number of hydrogen-bond acceptors (Lipinski definition) is 6. The molecule has 0 N–H and O–H groups in total. The van der Waals surface area contributed by atoms with E-state index in [4.69, 9.17) is 10.00 Å². The first kappa shape index (κ1) is 16.9. The fourth-order valence-electron chi connectivity index (χ4n) is 1.94. The second-order valence-electron chi connectivity index (χ2n) is 5.83. The van der Waals surface area contributed by atoms with Gasteiger partial charge in [-0.2, -0.15) is 5.26 Å². The number of hydrogen-bond donors (Lipinski definition) is 0. The first-order chi connectivity index (χ1) is 10.9. The molecule has 0 spiro atoms. The summed E-state index contributed by atoms with van der Waals surface area (Å²) < 4.78 is 6.42. The van der Waals surface area contributed by atoms with Crippen molar-refractivity contribution in [2.75, 3.05) is 6.61 Å². The number of carbonyl (C=O) groups excluding carboxylic acids is 1. The van der Waals surface area contributed by atoms with Crippen LogP contribution in [0.5, 0.6) is 0 Å². The number of benzene rings is 1. The standard InChI is InChI=1S/C16H18N4O2S/c1-5-22-14(21)13-19-20(15(23-13)18-10-17)12-8-6-11(7-9-12)16(2,3)4/h6-9H,5H2,1-4H3. The zero-order chi connectivity index (χ0) is 17.0. The van der Waals surface area contributed by atoms with Crippen molar-refractivity contribution < 1.29 is 9.53 Å². The van der Waals surface area contributed by atoms with Crippen LogP contribution in [0, 0.1) is 11.5 Å². The van der Waals surface area contributed by atoms with Gasteiger partial charge in [-0.25, -0.2) is 9.48 Å². The number of esters is 1. The second-order valence-corrected chi connectivity index (χ2v) is 6.79. The van der Waals surface area contributed by atoms with E-state index in [0.29, 0.717) is 4.80 Å². The van der Waals surface area contributed by atoms with Crippen molar-refractivity contribution in [1.29, 1.82) is 5.26 Å². The van der Waals surface area contributed by atoms with Crippen molar-refractivity contribution >= 4 is 17.3 Å². The van der Waals surface area contributed by atoms with Gasteiger partial charge in [0.05, 0.1) is 12.3 Å². The summed E-state index contributed by atoms with van der Waals surface area (Å²) in [6.07, 6.45) is 1.74. The van der Waals surface area contributed by atoms with Crippen molar-refractivity contribution in [2.24, 2.45) is 4.99 Å². The lowest BCUT2D eigenvalue weighted by molar-refractivity contribution is 0.0524.